The fourth-order valence-electron chi connectivity index (χ4n) is 2.14. The Morgan fingerprint density at radius 3 is 2.82 bits per heavy atom. The van der Waals surface area contributed by atoms with E-state index in [0.29, 0.717) is 12.1 Å². The lowest BCUT2D eigenvalue weighted by molar-refractivity contribution is 0.0950. The molecule has 3 rings (SSSR count). The summed E-state index contributed by atoms with van der Waals surface area (Å²) in [6.45, 7) is 2.31. The average Bonchev–Trinajstić information content (AvgIpc) is 3.08. The Balaban J connectivity index is 1.73. The molecular weight excluding hydrogens is 294 g/mol. The van der Waals surface area contributed by atoms with Crippen molar-refractivity contribution in [2.24, 2.45) is 0 Å². The number of aromatic nitrogens is 2. The number of hydrogen-bond acceptors (Lipinski definition) is 4. The van der Waals surface area contributed by atoms with E-state index in [9.17, 15) is 4.79 Å². The molecule has 0 saturated carbocycles. The highest BCUT2D eigenvalue weighted by Gasteiger charge is 2.11. The van der Waals surface area contributed by atoms with E-state index >= 15 is 0 Å². The molecule has 0 bridgehead atoms. The number of pyridine rings is 2. The van der Waals surface area contributed by atoms with E-state index in [-0.39, 0.29) is 5.91 Å². The molecule has 0 unspecified atom stereocenters. The van der Waals surface area contributed by atoms with Gasteiger partial charge >= 0.3 is 0 Å². The highest BCUT2D eigenvalue weighted by Crippen LogP contribution is 2.23. The highest BCUT2D eigenvalue weighted by atomic mass is 32.1. The predicted octanol–water partition coefficient (Wildman–Crippen LogP) is 3.44. The molecule has 0 saturated heterocycles. The number of hydrogen-bond donors (Lipinski definition) is 1. The minimum Gasteiger partial charge on any atom is -0.348 e. The summed E-state index contributed by atoms with van der Waals surface area (Å²) in [6.07, 6.45) is 3.45. The van der Waals surface area contributed by atoms with Crippen LogP contribution in [0.3, 0.4) is 0 Å². The van der Waals surface area contributed by atoms with E-state index in [1.54, 1.807) is 23.7 Å². The molecule has 3 heterocycles. The Bertz CT molecular complexity index is 770. The quantitative estimate of drug-likeness (QED) is 0.803. The van der Waals surface area contributed by atoms with Gasteiger partial charge in [-0.1, -0.05) is 12.1 Å². The van der Waals surface area contributed by atoms with Gasteiger partial charge in [-0.25, -0.2) is 0 Å². The summed E-state index contributed by atoms with van der Waals surface area (Å²) in [5.41, 5.74) is 3.20. The van der Waals surface area contributed by atoms with Crippen molar-refractivity contribution in [3.8, 4) is 10.6 Å². The summed E-state index contributed by atoms with van der Waals surface area (Å²) in [7, 11) is 0. The molecule has 22 heavy (non-hydrogen) atoms. The fraction of sp³-hybridized carbons (Fsp3) is 0.118. The molecule has 0 spiro atoms. The summed E-state index contributed by atoms with van der Waals surface area (Å²) in [5.74, 6) is -0.119. The Labute approximate surface area is 132 Å². The molecule has 1 amide bonds. The second-order valence-electron chi connectivity index (χ2n) is 4.85. The molecular formula is C17H15N3OS. The Morgan fingerprint density at radius 2 is 2.14 bits per heavy atom. The van der Waals surface area contributed by atoms with Crippen LogP contribution in [0.5, 0.6) is 0 Å². The number of carbonyl (C=O) groups is 1. The van der Waals surface area contributed by atoms with Gasteiger partial charge in [0.05, 0.1) is 21.8 Å². The van der Waals surface area contributed by atoms with Gasteiger partial charge in [-0.3, -0.25) is 14.8 Å². The lowest BCUT2D eigenvalue weighted by atomic mass is 10.1. The molecule has 0 aliphatic carbocycles. The first-order valence-corrected chi connectivity index (χ1v) is 7.80. The maximum absolute atomic E-state index is 12.3. The SMILES string of the molecule is Cc1nc(-c2cccs2)ccc1C(=O)NCc1cccnc1. The van der Waals surface area contributed by atoms with Crippen LogP contribution in [0, 0.1) is 6.92 Å². The van der Waals surface area contributed by atoms with Gasteiger partial charge in [0, 0.05) is 18.9 Å². The largest absolute Gasteiger partial charge is 0.348 e. The van der Waals surface area contributed by atoms with Crippen molar-refractivity contribution < 1.29 is 4.79 Å². The summed E-state index contributed by atoms with van der Waals surface area (Å²) >= 11 is 1.64. The summed E-state index contributed by atoms with van der Waals surface area (Å²) in [6, 6.07) is 11.5. The molecule has 0 aromatic carbocycles. The van der Waals surface area contributed by atoms with Crippen molar-refractivity contribution in [3.63, 3.8) is 0 Å². The predicted molar refractivity (Wildman–Crippen MR) is 87.7 cm³/mol. The summed E-state index contributed by atoms with van der Waals surface area (Å²) in [4.78, 5) is 21.9. The number of rotatable bonds is 4. The number of amides is 1. The van der Waals surface area contributed by atoms with Gasteiger partial charge in [0.2, 0.25) is 0 Å². The zero-order valence-electron chi connectivity index (χ0n) is 12.1. The third-order valence-corrected chi connectivity index (χ3v) is 4.17. The topological polar surface area (TPSA) is 54.9 Å². The van der Waals surface area contributed by atoms with Gasteiger partial charge < -0.3 is 5.32 Å². The number of nitrogens with one attached hydrogen (secondary N) is 1. The minimum absolute atomic E-state index is 0.119. The van der Waals surface area contributed by atoms with Gasteiger partial charge in [-0.05, 0) is 42.1 Å². The third-order valence-electron chi connectivity index (χ3n) is 3.28. The third kappa shape index (κ3) is 3.20. The molecule has 0 radical (unpaired) electrons. The van der Waals surface area contributed by atoms with E-state index in [0.717, 1.165) is 21.8 Å². The van der Waals surface area contributed by atoms with Crippen LogP contribution in [0.4, 0.5) is 0 Å². The molecule has 3 aromatic rings. The first-order chi connectivity index (χ1) is 10.7. The normalized spacial score (nSPS) is 10.4. The van der Waals surface area contributed by atoms with E-state index < -0.39 is 0 Å². The zero-order valence-corrected chi connectivity index (χ0v) is 12.9. The molecule has 0 atom stereocenters. The second kappa shape index (κ2) is 6.49. The first kappa shape index (κ1) is 14.4. The van der Waals surface area contributed by atoms with Crippen molar-refractivity contribution in [3.05, 3.63) is 71.0 Å². The Kier molecular flexibility index (Phi) is 4.25. The van der Waals surface area contributed by atoms with Gasteiger partial charge in [0.15, 0.2) is 0 Å². The lowest BCUT2D eigenvalue weighted by Crippen LogP contribution is -2.24. The summed E-state index contributed by atoms with van der Waals surface area (Å²) in [5, 5.41) is 4.91. The molecule has 110 valence electrons. The molecule has 3 aromatic heterocycles. The van der Waals surface area contributed by atoms with Crippen molar-refractivity contribution in [2.75, 3.05) is 0 Å². The Morgan fingerprint density at radius 1 is 1.23 bits per heavy atom. The molecule has 4 nitrogen and oxygen atoms in total. The molecule has 0 aliphatic heterocycles. The van der Waals surface area contributed by atoms with Crippen LogP contribution in [0.25, 0.3) is 10.6 Å². The van der Waals surface area contributed by atoms with Crippen molar-refractivity contribution in [1.29, 1.82) is 0 Å². The number of nitrogens with zero attached hydrogens (tertiary/aromatic N) is 2. The van der Waals surface area contributed by atoms with Crippen LogP contribution in [-0.4, -0.2) is 15.9 Å². The Hall–Kier alpha value is -2.53. The van der Waals surface area contributed by atoms with Gasteiger partial charge in [0.25, 0.3) is 5.91 Å². The molecule has 5 heteroatoms. The smallest absolute Gasteiger partial charge is 0.253 e. The number of thiophene rings is 1. The lowest BCUT2D eigenvalue weighted by Gasteiger charge is -2.08. The molecule has 1 N–H and O–H groups in total. The highest BCUT2D eigenvalue weighted by molar-refractivity contribution is 7.13. The minimum atomic E-state index is -0.119. The van der Waals surface area contributed by atoms with E-state index in [1.807, 2.05) is 48.7 Å². The van der Waals surface area contributed by atoms with Crippen molar-refractivity contribution in [1.82, 2.24) is 15.3 Å². The van der Waals surface area contributed by atoms with Crippen LogP contribution < -0.4 is 5.32 Å². The van der Waals surface area contributed by atoms with Crippen LogP contribution in [0.15, 0.2) is 54.2 Å². The van der Waals surface area contributed by atoms with Gasteiger partial charge in [-0.2, -0.15) is 0 Å². The maximum atomic E-state index is 12.3. The van der Waals surface area contributed by atoms with Crippen LogP contribution in [-0.2, 0) is 6.54 Å². The standard InChI is InChI=1S/C17H15N3OS/c1-12-14(6-7-15(20-12)16-5-3-9-22-16)17(21)19-11-13-4-2-8-18-10-13/h2-10H,11H2,1H3,(H,19,21). The van der Waals surface area contributed by atoms with Crippen molar-refractivity contribution >= 4 is 17.2 Å². The number of carbonyl (C=O) groups excluding carboxylic acids is 1. The van der Waals surface area contributed by atoms with E-state index in [4.69, 9.17) is 0 Å². The maximum Gasteiger partial charge on any atom is 0.253 e. The van der Waals surface area contributed by atoms with Crippen LogP contribution in [0.2, 0.25) is 0 Å². The monoisotopic (exact) mass is 309 g/mol. The van der Waals surface area contributed by atoms with E-state index in [1.165, 1.54) is 0 Å². The number of aryl methyl sites for hydroxylation is 1. The first-order valence-electron chi connectivity index (χ1n) is 6.92. The zero-order chi connectivity index (χ0) is 15.4. The van der Waals surface area contributed by atoms with E-state index in [2.05, 4.69) is 15.3 Å². The van der Waals surface area contributed by atoms with Crippen LogP contribution in [0.1, 0.15) is 21.6 Å². The second-order valence-corrected chi connectivity index (χ2v) is 5.80. The fourth-order valence-corrected chi connectivity index (χ4v) is 2.84. The van der Waals surface area contributed by atoms with Crippen LogP contribution >= 0.6 is 11.3 Å². The van der Waals surface area contributed by atoms with Gasteiger partial charge in [0.1, 0.15) is 0 Å². The van der Waals surface area contributed by atoms with Crippen molar-refractivity contribution in [2.45, 2.75) is 13.5 Å². The molecule has 0 fully saturated rings. The average molecular weight is 309 g/mol. The molecule has 0 aliphatic rings. The van der Waals surface area contributed by atoms with Gasteiger partial charge in [-0.15, -0.1) is 11.3 Å². The summed E-state index contributed by atoms with van der Waals surface area (Å²) < 4.78 is 0.